The second kappa shape index (κ2) is 7.32. The third-order valence-electron chi connectivity index (χ3n) is 3.90. The van der Waals surface area contributed by atoms with Gasteiger partial charge in [-0.1, -0.05) is 18.5 Å². The van der Waals surface area contributed by atoms with E-state index in [-0.39, 0.29) is 11.8 Å². The summed E-state index contributed by atoms with van der Waals surface area (Å²) in [6, 6.07) is 5.18. The van der Waals surface area contributed by atoms with Crippen LogP contribution in [0.25, 0.3) is 0 Å². The largest absolute Gasteiger partial charge is 0.451 e. The van der Waals surface area contributed by atoms with Gasteiger partial charge in [-0.05, 0) is 48.9 Å². The molecule has 24 heavy (non-hydrogen) atoms. The molecule has 5 nitrogen and oxygen atoms in total. The first-order valence-electron chi connectivity index (χ1n) is 7.72. The fourth-order valence-corrected chi connectivity index (χ4v) is 3.94. The van der Waals surface area contributed by atoms with Gasteiger partial charge in [0.2, 0.25) is 0 Å². The Kier molecular flexibility index (Phi) is 5.16. The number of aryl methyl sites for hydroxylation is 1. The number of ether oxygens (including phenoxy) is 1. The van der Waals surface area contributed by atoms with Crippen LogP contribution in [0.2, 0.25) is 5.15 Å². The third kappa shape index (κ3) is 3.94. The molecule has 1 aliphatic rings. The standard InChI is InChI=1S/C17H17ClN2O3S/c1-10-4-5-13-11(7-10)8-14(24-13)17(22)23-9-15(21)20-12-3-2-6-19-16(12)18/h2-3,6,8,10H,4-5,7,9H2,1H3,(H,20,21)/t10-/m1/s1. The molecule has 1 atom stereocenters. The van der Waals surface area contributed by atoms with Crippen LogP contribution in [0.4, 0.5) is 5.69 Å². The van der Waals surface area contributed by atoms with Crippen LogP contribution in [0.3, 0.4) is 0 Å². The van der Waals surface area contributed by atoms with E-state index in [4.69, 9.17) is 16.3 Å². The molecule has 7 heteroatoms. The number of carbonyl (C=O) groups is 2. The maximum atomic E-state index is 12.1. The minimum absolute atomic E-state index is 0.192. The van der Waals surface area contributed by atoms with E-state index in [2.05, 4.69) is 17.2 Å². The predicted octanol–water partition coefficient (Wildman–Crippen LogP) is 3.72. The zero-order chi connectivity index (χ0) is 17.1. The number of anilines is 1. The molecule has 2 aromatic heterocycles. The zero-order valence-corrected chi connectivity index (χ0v) is 14.7. The van der Waals surface area contributed by atoms with Gasteiger partial charge in [-0.25, -0.2) is 9.78 Å². The second-order valence-corrected chi connectivity index (χ2v) is 7.37. The maximum absolute atomic E-state index is 12.1. The summed E-state index contributed by atoms with van der Waals surface area (Å²) >= 11 is 7.33. The van der Waals surface area contributed by atoms with Crippen LogP contribution in [-0.2, 0) is 22.4 Å². The average molecular weight is 365 g/mol. The van der Waals surface area contributed by atoms with Gasteiger partial charge in [0.15, 0.2) is 11.8 Å². The Balaban J connectivity index is 1.56. The summed E-state index contributed by atoms with van der Waals surface area (Å²) in [6.07, 6.45) is 4.68. The molecule has 3 rings (SSSR count). The molecule has 2 heterocycles. The molecule has 2 aromatic rings. The number of esters is 1. The van der Waals surface area contributed by atoms with Crippen molar-refractivity contribution in [2.75, 3.05) is 11.9 Å². The molecule has 0 bridgehead atoms. The van der Waals surface area contributed by atoms with Crippen LogP contribution >= 0.6 is 22.9 Å². The van der Waals surface area contributed by atoms with Gasteiger partial charge in [-0.15, -0.1) is 11.3 Å². The van der Waals surface area contributed by atoms with E-state index in [0.29, 0.717) is 16.5 Å². The average Bonchev–Trinajstić information content (AvgIpc) is 2.98. The maximum Gasteiger partial charge on any atom is 0.348 e. The van der Waals surface area contributed by atoms with Gasteiger partial charge in [0, 0.05) is 11.1 Å². The van der Waals surface area contributed by atoms with Crippen molar-refractivity contribution in [2.24, 2.45) is 5.92 Å². The van der Waals surface area contributed by atoms with E-state index in [1.54, 1.807) is 12.1 Å². The molecule has 1 amide bonds. The number of halogens is 1. The van der Waals surface area contributed by atoms with Crippen LogP contribution in [0.15, 0.2) is 24.4 Å². The number of amides is 1. The molecular formula is C17H17ClN2O3S. The summed E-state index contributed by atoms with van der Waals surface area (Å²) in [7, 11) is 0. The normalized spacial score (nSPS) is 16.3. The Morgan fingerprint density at radius 3 is 3.12 bits per heavy atom. The van der Waals surface area contributed by atoms with E-state index in [0.717, 1.165) is 19.3 Å². The molecule has 0 spiro atoms. The van der Waals surface area contributed by atoms with Crippen LogP contribution < -0.4 is 5.32 Å². The Morgan fingerprint density at radius 1 is 1.50 bits per heavy atom. The summed E-state index contributed by atoms with van der Waals surface area (Å²) in [5.74, 6) is -0.270. The highest BCUT2D eigenvalue weighted by molar-refractivity contribution is 7.14. The molecule has 0 saturated heterocycles. The van der Waals surface area contributed by atoms with E-state index >= 15 is 0 Å². The molecule has 0 saturated carbocycles. The molecule has 126 valence electrons. The summed E-state index contributed by atoms with van der Waals surface area (Å²) in [5, 5.41) is 2.76. The van der Waals surface area contributed by atoms with E-state index in [9.17, 15) is 9.59 Å². The summed E-state index contributed by atoms with van der Waals surface area (Å²) < 4.78 is 5.10. The molecule has 0 aliphatic heterocycles. The number of fused-ring (bicyclic) bond motifs is 1. The van der Waals surface area contributed by atoms with Crippen molar-refractivity contribution in [1.82, 2.24) is 4.98 Å². The lowest BCUT2D eigenvalue weighted by molar-refractivity contribution is -0.119. The third-order valence-corrected chi connectivity index (χ3v) is 5.42. The molecule has 0 radical (unpaired) electrons. The molecule has 1 aliphatic carbocycles. The van der Waals surface area contributed by atoms with Crippen LogP contribution in [0.5, 0.6) is 0 Å². The van der Waals surface area contributed by atoms with Crippen molar-refractivity contribution in [1.29, 1.82) is 0 Å². The SMILES string of the molecule is C[C@@H]1CCc2sc(C(=O)OCC(=O)Nc3cccnc3Cl)cc2C1. The highest BCUT2D eigenvalue weighted by atomic mass is 35.5. The fourth-order valence-electron chi connectivity index (χ4n) is 2.67. The predicted molar refractivity (Wildman–Crippen MR) is 93.7 cm³/mol. The van der Waals surface area contributed by atoms with Crippen molar-refractivity contribution < 1.29 is 14.3 Å². The topological polar surface area (TPSA) is 68.3 Å². The Bertz CT molecular complexity index is 775. The van der Waals surface area contributed by atoms with Crippen molar-refractivity contribution >= 4 is 40.5 Å². The summed E-state index contributed by atoms with van der Waals surface area (Å²) in [6.45, 7) is 1.86. The number of carbonyl (C=O) groups excluding carboxylic acids is 2. The van der Waals surface area contributed by atoms with Gasteiger partial charge < -0.3 is 10.1 Å². The number of hydrogen-bond acceptors (Lipinski definition) is 5. The smallest absolute Gasteiger partial charge is 0.348 e. The number of nitrogens with zero attached hydrogens (tertiary/aromatic N) is 1. The minimum atomic E-state index is -0.463. The quantitative estimate of drug-likeness (QED) is 0.663. The first-order chi connectivity index (χ1) is 11.5. The fraction of sp³-hybridized carbons (Fsp3) is 0.353. The van der Waals surface area contributed by atoms with Crippen LogP contribution in [0.1, 0.15) is 33.5 Å². The highest BCUT2D eigenvalue weighted by Gasteiger charge is 2.21. The first kappa shape index (κ1) is 16.9. The lowest BCUT2D eigenvalue weighted by Crippen LogP contribution is -2.20. The van der Waals surface area contributed by atoms with Crippen LogP contribution in [-0.4, -0.2) is 23.5 Å². The van der Waals surface area contributed by atoms with Crippen molar-refractivity contribution in [3.63, 3.8) is 0 Å². The van der Waals surface area contributed by atoms with Crippen LogP contribution in [0, 0.1) is 5.92 Å². The van der Waals surface area contributed by atoms with Gasteiger partial charge in [-0.3, -0.25) is 4.79 Å². The number of pyridine rings is 1. The summed E-state index contributed by atoms with van der Waals surface area (Å²) in [5.41, 5.74) is 1.62. The Labute approximate surface area is 149 Å². The van der Waals surface area contributed by atoms with E-state index in [1.165, 1.54) is 28.0 Å². The van der Waals surface area contributed by atoms with Gasteiger partial charge >= 0.3 is 5.97 Å². The van der Waals surface area contributed by atoms with E-state index < -0.39 is 11.9 Å². The van der Waals surface area contributed by atoms with Crippen molar-refractivity contribution in [3.05, 3.63) is 44.9 Å². The molecule has 0 unspecified atom stereocenters. The lowest BCUT2D eigenvalue weighted by Gasteiger charge is -2.16. The monoisotopic (exact) mass is 364 g/mol. The minimum Gasteiger partial charge on any atom is -0.451 e. The number of hydrogen-bond donors (Lipinski definition) is 1. The first-order valence-corrected chi connectivity index (χ1v) is 8.91. The lowest BCUT2D eigenvalue weighted by atomic mass is 9.90. The number of aromatic nitrogens is 1. The molecule has 0 fully saturated rings. The highest BCUT2D eigenvalue weighted by Crippen LogP contribution is 2.32. The molecule has 0 aromatic carbocycles. The van der Waals surface area contributed by atoms with Gasteiger partial charge in [0.05, 0.1) is 5.69 Å². The second-order valence-electron chi connectivity index (χ2n) is 5.87. The van der Waals surface area contributed by atoms with Gasteiger partial charge in [-0.2, -0.15) is 0 Å². The molecule has 1 N–H and O–H groups in total. The van der Waals surface area contributed by atoms with Gasteiger partial charge in [0.25, 0.3) is 5.91 Å². The number of nitrogens with one attached hydrogen (secondary N) is 1. The Morgan fingerprint density at radius 2 is 2.33 bits per heavy atom. The van der Waals surface area contributed by atoms with Crippen molar-refractivity contribution in [2.45, 2.75) is 26.2 Å². The Hall–Kier alpha value is -1.92. The van der Waals surface area contributed by atoms with E-state index in [1.807, 2.05) is 6.07 Å². The molecular weight excluding hydrogens is 348 g/mol. The van der Waals surface area contributed by atoms with Crippen molar-refractivity contribution in [3.8, 4) is 0 Å². The van der Waals surface area contributed by atoms with Gasteiger partial charge in [0.1, 0.15) is 4.88 Å². The zero-order valence-electron chi connectivity index (χ0n) is 13.2. The number of thiophene rings is 1. The number of rotatable bonds is 4. The summed E-state index contributed by atoms with van der Waals surface area (Å²) in [4.78, 5) is 29.7.